The van der Waals surface area contributed by atoms with Gasteiger partial charge in [0.2, 0.25) is 0 Å². The zero-order valence-corrected chi connectivity index (χ0v) is 25.9. The Balaban J connectivity index is 2.71. The maximum absolute atomic E-state index is 10.8. The molecular formula is C35H68O3. The molecule has 1 saturated carbocycles. The van der Waals surface area contributed by atoms with Crippen molar-refractivity contribution in [2.24, 2.45) is 23.7 Å². The molecule has 0 heterocycles. The average molecular weight is 537 g/mol. The van der Waals surface area contributed by atoms with E-state index >= 15 is 0 Å². The summed E-state index contributed by atoms with van der Waals surface area (Å²) in [6, 6.07) is 0. The first kappa shape index (κ1) is 35.5. The first-order valence-electron chi connectivity index (χ1n) is 17.5. The fourth-order valence-electron chi connectivity index (χ4n) is 7.40. The van der Waals surface area contributed by atoms with Crippen LogP contribution in [0, 0.1) is 23.7 Å². The van der Waals surface area contributed by atoms with Crippen molar-refractivity contribution in [2.75, 3.05) is 6.61 Å². The van der Waals surface area contributed by atoms with Crippen LogP contribution in [0.15, 0.2) is 0 Å². The summed E-state index contributed by atoms with van der Waals surface area (Å²) in [7, 11) is 0. The number of aliphatic hydroxyl groups is 1. The zero-order valence-electron chi connectivity index (χ0n) is 25.9. The molecule has 2 N–H and O–H groups in total. The summed E-state index contributed by atoms with van der Waals surface area (Å²) in [5, 5.41) is 18.0. The van der Waals surface area contributed by atoms with Gasteiger partial charge in [0.05, 0.1) is 0 Å². The third-order valence-electron chi connectivity index (χ3n) is 9.65. The van der Waals surface area contributed by atoms with Crippen LogP contribution in [0.1, 0.15) is 187 Å². The smallest absolute Gasteiger partial charge is 0.303 e. The van der Waals surface area contributed by atoms with Gasteiger partial charge >= 0.3 is 5.97 Å². The second-order valence-corrected chi connectivity index (χ2v) is 12.8. The molecular weight excluding hydrogens is 468 g/mol. The van der Waals surface area contributed by atoms with Crippen LogP contribution in [0.4, 0.5) is 0 Å². The molecule has 1 rings (SSSR count). The molecule has 226 valence electrons. The van der Waals surface area contributed by atoms with E-state index in [1.165, 1.54) is 148 Å². The van der Waals surface area contributed by atoms with Crippen molar-refractivity contribution in [3.63, 3.8) is 0 Å². The van der Waals surface area contributed by atoms with E-state index in [1.54, 1.807) is 0 Å². The number of aliphatic carboxylic acids is 1. The van der Waals surface area contributed by atoms with Crippen molar-refractivity contribution in [2.45, 2.75) is 187 Å². The number of rotatable bonds is 27. The normalized spacial score (nSPS) is 21.7. The Morgan fingerprint density at radius 1 is 0.526 bits per heavy atom. The fraction of sp³-hybridized carbons (Fsp3) is 0.971. The molecule has 38 heavy (non-hydrogen) atoms. The minimum Gasteiger partial charge on any atom is -0.481 e. The molecule has 0 aromatic carbocycles. The molecule has 1 aliphatic carbocycles. The third kappa shape index (κ3) is 17.9. The lowest BCUT2D eigenvalue weighted by atomic mass is 9.61. The van der Waals surface area contributed by atoms with E-state index in [0.29, 0.717) is 13.0 Å². The molecule has 4 unspecified atom stereocenters. The van der Waals surface area contributed by atoms with Crippen LogP contribution in [0.5, 0.6) is 0 Å². The Kier molecular flexibility index (Phi) is 23.7. The van der Waals surface area contributed by atoms with Crippen LogP contribution in [0.3, 0.4) is 0 Å². The maximum atomic E-state index is 10.8. The number of carbonyl (C=O) groups is 1. The molecule has 0 spiro atoms. The van der Waals surface area contributed by atoms with E-state index in [1.807, 2.05) is 0 Å². The predicted molar refractivity (Wildman–Crippen MR) is 165 cm³/mol. The van der Waals surface area contributed by atoms with Gasteiger partial charge in [0.25, 0.3) is 0 Å². The number of carboxylic acids is 1. The average Bonchev–Trinajstić information content (AvgIpc) is 2.91. The second-order valence-electron chi connectivity index (χ2n) is 12.8. The topological polar surface area (TPSA) is 57.5 Å². The van der Waals surface area contributed by atoms with Gasteiger partial charge in [-0.3, -0.25) is 4.79 Å². The maximum Gasteiger partial charge on any atom is 0.303 e. The van der Waals surface area contributed by atoms with Crippen molar-refractivity contribution in [1.29, 1.82) is 0 Å². The Bertz CT molecular complexity index is 519. The largest absolute Gasteiger partial charge is 0.481 e. The SMILES string of the molecule is CCCCCCCCC1C(CCCCCC)CCC(CCCCCCCO)C1CCCCCCCC(=O)O. The number of unbranched alkanes of at least 4 members (excludes halogenated alkanes) is 16. The van der Waals surface area contributed by atoms with E-state index < -0.39 is 5.97 Å². The van der Waals surface area contributed by atoms with Crippen molar-refractivity contribution < 1.29 is 15.0 Å². The quantitative estimate of drug-likeness (QED) is 0.103. The number of carboxylic acid groups (broad SMARTS) is 1. The van der Waals surface area contributed by atoms with Crippen LogP contribution >= 0.6 is 0 Å². The third-order valence-corrected chi connectivity index (χ3v) is 9.65. The molecule has 0 bridgehead atoms. The summed E-state index contributed by atoms with van der Waals surface area (Å²) in [5.41, 5.74) is 0. The number of aliphatic hydroxyl groups excluding tert-OH is 1. The Labute approximate surface area is 238 Å². The minimum atomic E-state index is -0.645. The van der Waals surface area contributed by atoms with Crippen molar-refractivity contribution in [3.05, 3.63) is 0 Å². The highest BCUT2D eigenvalue weighted by Crippen LogP contribution is 2.47. The number of hydrogen-bond acceptors (Lipinski definition) is 2. The molecule has 3 nitrogen and oxygen atoms in total. The van der Waals surface area contributed by atoms with Gasteiger partial charge in [-0.2, -0.15) is 0 Å². The van der Waals surface area contributed by atoms with Crippen LogP contribution in [0.2, 0.25) is 0 Å². The van der Waals surface area contributed by atoms with Gasteiger partial charge in [0, 0.05) is 13.0 Å². The zero-order chi connectivity index (χ0) is 27.7. The van der Waals surface area contributed by atoms with E-state index in [0.717, 1.165) is 42.9 Å². The van der Waals surface area contributed by atoms with Crippen molar-refractivity contribution in [3.8, 4) is 0 Å². The molecule has 1 aliphatic rings. The molecule has 0 aromatic rings. The van der Waals surface area contributed by atoms with Gasteiger partial charge in [-0.1, -0.05) is 142 Å². The molecule has 0 radical (unpaired) electrons. The molecule has 4 atom stereocenters. The van der Waals surface area contributed by atoms with Gasteiger partial charge in [-0.15, -0.1) is 0 Å². The predicted octanol–water partition coefficient (Wildman–Crippen LogP) is 11.1. The van der Waals surface area contributed by atoms with E-state index in [9.17, 15) is 4.79 Å². The van der Waals surface area contributed by atoms with Gasteiger partial charge in [-0.25, -0.2) is 0 Å². The molecule has 0 aromatic heterocycles. The summed E-state index contributed by atoms with van der Waals surface area (Å²) < 4.78 is 0. The van der Waals surface area contributed by atoms with Gasteiger partial charge in [0.1, 0.15) is 0 Å². The van der Waals surface area contributed by atoms with Crippen LogP contribution in [0.25, 0.3) is 0 Å². The first-order chi connectivity index (χ1) is 18.6. The molecule has 0 aliphatic heterocycles. The van der Waals surface area contributed by atoms with Crippen LogP contribution in [-0.2, 0) is 4.79 Å². The van der Waals surface area contributed by atoms with Gasteiger partial charge in [-0.05, 0) is 62.2 Å². The standard InChI is InChI=1S/C35H68O3/c1-3-5-7-9-13-19-25-33-31(23-17-8-6-4-2)28-29-32(24-18-12-11-16-22-30-36)34(33)26-20-14-10-15-21-27-35(37)38/h31-34,36H,3-30H2,1-2H3,(H,37,38). The fourth-order valence-corrected chi connectivity index (χ4v) is 7.40. The van der Waals surface area contributed by atoms with Crippen molar-refractivity contribution in [1.82, 2.24) is 0 Å². The van der Waals surface area contributed by atoms with Crippen molar-refractivity contribution >= 4 is 5.97 Å². The lowest BCUT2D eigenvalue weighted by Gasteiger charge is -2.44. The minimum absolute atomic E-state index is 0.336. The summed E-state index contributed by atoms with van der Waals surface area (Å²) in [6.07, 6.45) is 35.1. The van der Waals surface area contributed by atoms with E-state index in [4.69, 9.17) is 10.2 Å². The second kappa shape index (κ2) is 25.4. The van der Waals surface area contributed by atoms with Gasteiger partial charge in [0.15, 0.2) is 0 Å². The Morgan fingerprint density at radius 2 is 0.895 bits per heavy atom. The molecule has 0 amide bonds. The highest BCUT2D eigenvalue weighted by atomic mass is 16.4. The lowest BCUT2D eigenvalue weighted by molar-refractivity contribution is -0.137. The van der Waals surface area contributed by atoms with Gasteiger partial charge < -0.3 is 10.2 Å². The summed E-state index contributed by atoms with van der Waals surface area (Å²) in [4.78, 5) is 10.8. The summed E-state index contributed by atoms with van der Waals surface area (Å²) in [5.74, 6) is 3.12. The highest BCUT2D eigenvalue weighted by molar-refractivity contribution is 5.66. The monoisotopic (exact) mass is 537 g/mol. The van der Waals surface area contributed by atoms with Crippen LogP contribution in [-0.4, -0.2) is 22.8 Å². The molecule has 1 fully saturated rings. The molecule has 0 saturated heterocycles. The summed E-state index contributed by atoms with van der Waals surface area (Å²) >= 11 is 0. The Hall–Kier alpha value is -0.570. The lowest BCUT2D eigenvalue weighted by Crippen LogP contribution is -2.35. The molecule has 3 heteroatoms. The van der Waals surface area contributed by atoms with E-state index in [-0.39, 0.29) is 0 Å². The first-order valence-corrected chi connectivity index (χ1v) is 17.5. The Morgan fingerprint density at radius 3 is 1.34 bits per heavy atom. The van der Waals surface area contributed by atoms with E-state index in [2.05, 4.69) is 13.8 Å². The van der Waals surface area contributed by atoms with Crippen LogP contribution < -0.4 is 0 Å². The summed E-state index contributed by atoms with van der Waals surface area (Å²) in [6.45, 7) is 4.99. The highest BCUT2D eigenvalue weighted by Gasteiger charge is 2.37. The number of hydrogen-bond donors (Lipinski definition) is 2.